The highest BCUT2D eigenvalue weighted by Crippen LogP contribution is 2.37. The number of nitrogen functional groups attached to an aromatic ring is 1. The number of nitrogens with one attached hydrogen (secondary N) is 1. The number of ether oxygens (including phenoxy) is 2. The van der Waals surface area contributed by atoms with E-state index in [0.717, 1.165) is 40.2 Å². The van der Waals surface area contributed by atoms with Crippen molar-refractivity contribution in [3.8, 4) is 11.5 Å². The maximum Gasteiger partial charge on any atom is 0.163 e. The van der Waals surface area contributed by atoms with E-state index in [1.807, 2.05) is 36.4 Å². The van der Waals surface area contributed by atoms with Crippen LogP contribution in [-0.2, 0) is 26.2 Å². The van der Waals surface area contributed by atoms with Gasteiger partial charge in [-0.25, -0.2) is 9.97 Å². The quantitative estimate of drug-likeness (QED) is 0.168. The molecule has 0 bridgehead atoms. The minimum atomic E-state index is 0.596. The van der Waals surface area contributed by atoms with Crippen LogP contribution in [0, 0.1) is 0 Å². The smallest absolute Gasteiger partial charge is 0.163 e. The van der Waals surface area contributed by atoms with E-state index in [-0.39, 0.29) is 0 Å². The Bertz CT molecular complexity index is 1620. The fourth-order valence-electron chi connectivity index (χ4n) is 5.79. The van der Waals surface area contributed by atoms with E-state index in [1.165, 1.54) is 37.1 Å². The number of pyridine rings is 2. The second-order valence-electron chi connectivity index (χ2n) is 11.3. The number of likely N-dealkylation sites (tertiary alicyclic amines) is 1. The predicted molar refractivity (Wildman–Crippen MR) is 178 cm³/mol. The van der Waals surface area contributed by atoms with Gasteiger partial charge in [-0.05, 0) is 84.6 Å². The molecule has 3 N–H and O–H groups in total. The number of nitrogens with two attached hydrogens (primary N) is 1. The second-order valence-corrected chi connectivity index (χ2v) is 11.3. The fraction of sp³-hybridized carbons (Fsp3) is 0.278. The summed E-state index contributed by atoms with van der Waals surface area (Å²) in [6, 6.07) is 29.0. The number of fused-ring (bicyclic) bond motifs is 1. The molecule has 0 saturated carbocycles. The molecule has 0 aliphatic carbocycles. The van der Waals surface area contributed by atoms with Crippen molar-refractivity contribution in [1.82, 2.24) is 14.9 Å². The van der Waals surface area contributed by atoms with Crippen LogP contribution in [0.3, 0.4) is 0 Å². The average molecular weight is 589 g/mol. The summed E-state index contributed by atoms with van der Waals surface area (Å²) in [6.45, 7) is 5.25. The minimum absolute atomic E-state index is 0.596. The molecule has 44 heavy (non-hydrogen) atoms. The Morgan fingerprint density at radius 1 is 0.773 bits per heavy atom. The van der Waals surface area contributed by atoms with Gasteiger partial charge in [-0.15, -0.1) is 0 Å². The van der Waals surface area contributed by atoms with Gasteiger partial charge in [0.1, 0.15) is 11.5 Å². The van der Waals surface area contributed by atoms with E-state index in [1.54, 1.807) is 20.4 Å². The monoisotopic (exact) mass is 588 g/mol. The summed E-state index contributed by atoms with van der Waals surface area (Å²) in [4.78, 5) is 14.4. The Labute approximate surface area is 259 Å². The lowest BCUT2D eigenvalue weighted by molar-refractivity contribution is 0.331. The lowest BCUT2D eigenvalue weighted by Crippen LogP contribution is -2.25. The standard InChI is InChI=1S/C36H40N6O2/c1-43-30-15-11-28(12-16-30)24-42(25-29-13-17-31(44-2)18-14-29)36-33(37)34(32-6-5-19-38-35(32)40-36)39-22-26-7-9-27(10-8-26)23-41-20-3-4-21-41/h5-19H,3-4,20-25,37H2,1-2H3,(H,38,39,40). The summed E-state index contributed by atoms with van der Waals surface area (Å²) in [5.74, 6) is 2.32. The van der Waals surface area contributed by atoms with Crippen molar-refractivity contribution in [2.24, 2.45) is 0 Å². The molecule has 8 heteroatoms. The average Bonchev–Trinajstić information content (AvgIpc) is 3.58. The molecule has 1 aliphatic rings. The lowest BCUT2D eigenvalue weighted by Gasteiger charge is -2.27. The molecule has 3 aromatic carbocycles. The molecule has 1 saturated heterocycles. The number of methoxy groups -OCH3 is 2. The number of anilines is 3. The van der Waals surface area contributed by atoms with Gasteiger partial charge in [0.25, 0.3) is 0 Å². The molecular formula is C36H40N6O2. The minimum Gasteiger partial charge on any atom is -0.497 e. The molecule has 1 aliphatic heterocycles. The van der Waals surface area contributed by atoms with Gasteiger partial charge >= 0.3 is 0 Å². The van der Waals surface area contributed by atoms with Crippen LogP contribution in [0.25, 0.3) is 11.0 Å². The van der Waals surface area contributed by atoms with E-state index in [0.29, 0.717) is 36.8 Å². The van der Waals surface area contributed by atoms with E-state index in [9.17, 15) is 0 Å². The number of aromatic nitrogens is 2. The summed E-state index contributed by atoms with van der Waals surface area (Å²) in [5, 5.41) is 4.54. The summed E-state index contributed by atoms with van der Waals surface area (Å²) < 4.78 is 10.8. The van der Waals surface area contributed by atoms with Crippen LogP contribution in [0.5, 0.6) is 11.5 Å². The fourth-order valence-corrected chi connectivity index (χ4v) is 5.79. The molecule has 2 aromatic heterocycles. The van der Waals surface area contributed by atoms with Crippen molar-refractivity contribution in [2.45, 2.75) is 39.0 Å². The summed E-state index contributed by atoms with van der Waals surface area (Å²) in [6.07, 6.45) is 4.38. The van der Waals surface area contributed by atoms with Gasteiger partial charge in [-0.3, -0.25) is 4.90 Å². The Morgan fingerprint density at radius 2 is 1.34 bits per heavy atom. The summed E-state index contributed by atoms with van der Waals surface area (Å²) in [7, 11) is 3.35. The van der Waals surface area contributed by atoms with Crippen molar-refractivity contribution in [3.63, 3.8) is 0 Å². The highest BCUT2D eigenvalue weighted by molar-refractivity contribution is 5.99. The van der Waals surface area contributed by atoms with E-state index in [4.69, 9.17) is 20.2 Å². The zero-order valence-corrected chi connectivity index (χ0v) is 25.5. The number of hydrogen-bond donors (Lipinski definition) is 2. The number of benzene rings is 3. The van der Waals surface area contributed by atoms with Crippen molar-refractivity contribution in [3.05, 3.63) is 113 Å². The van der Waals surface area contributed by atoms with E-state index in [2.05, 4.69) is 68.6 Å². The van der Waals surface area contributed by atoms with E-state index >= 15 is 0 Å². The third-order valence-electron chi connectivity index (χ3n) is 8.24. The lowest BCUT2D eigenvalue weighted by atomic mass is 10.1. The van der Waals surface area contributed by atoms with Crippen LogP contribution in [0.15, 0.2) is 91.1 Å². The van der Waals surface area contributed by atoms with Crippen molar-refractivity contribution >= 4 is 28.2 Å². The van der Waals surface area contributed by atoms with Gasteiger partial charge < -0.3 is 25.4 Å². The number of rotatable bonds is 12. The van der Waals surface area contributed by atoms with Crippen LogP contribution < -0.4 is 25.4 Å². The maximum absolute atomic E-state index is 6.99. The largest absolute Gasteiger partial charge is 0.497 e. The van der Waals surface area contributed by atoms with Gasteiger partial charge in [-0.1, -0.05) is 48.5 Å². The molecule has 0 amide bonds. The molecule has 3 heterocycles. The first kappa shape index (κ1) is 29.3. The van der Waals surface area contributed by atoms with Crippen LogP contribution >= 0.6 is 0 Å². The molecule has 1 fully saturated rings. The van der Waals surface area contributed by atoms with E-state index < -0.39 is 0 Å². The van der Waals surface area contributed by atoms with Crippen LogP contribution in [0.4, 0.5) is 17.2 Å². The number of nitrogens with zero attached hydrogens (tertiary/aromatic N) is 4. The molecule has 5 aromatic rings. The van der Waals surface area contributed by atoms with Gasteiger partial charge in [0, 0.05) is 37.8 Å². The zero-order valence-electron chi connectivity index (χ0n) is 25.5. The predicted octanol–water partition coefficient (Wildman–Crippen LogP) is 6.64. The second kappa shape index (κ2) is 13.7. The molecule has 0 atom stereocenters. The van der Waals surface area contributed by atoms with Gasteiger partial charge in [0.2, 0.25) is 0 Å². The Hall–Kier alpha value is -4.82. The topological polar surface area (TPSA) is 88.8 Å². The first-order valence-corrected chi connectivity index (χ1v) is 15.2. The molecule has 0 spiro atoms. The highest BCUT2D eigenvalue weighted by Gasteiger charge is 2.20. The van der Waals surface area contributed by atoms with Crippen LogP contribution in [0.1, 0.15) is 35.1 Å². The van der Waals surface area contributed by atoms with Crippen LogP contribution in [0.2, 0.25) is 0 Å². The highest BCUT2D eigenvalue weighted by atomic mass is 16.5. The Morgan fingerprint density at radius 3 is 1.93 bits per heavy atom. The molecular weight excluding hydrogens is 548 g/mol. The molecule has 8 nitrogen and oxygen atoms in total. The zero-order chi connectivity index (χ0) is 30.3. The molecule has 0 unspecified atom stereocenters. The summed E-state index contributed by atoms with van der Waals surface area (Å²) >= 11 is 0. The van der Waals surface area contributed by atoms with Gasteiger partial charge in [-0.2, -0.15) is 0 Å². The van der Waals surface area contributed by atoms with Crippen LogP contribution in [-0.4, -0.2) is 42.2 Å². The van der Waals surface area contributed by atoms with Crippen molar-refractivity contribution in [2.75, 3.05) is 43.3 Å². The first-order chi connectivity index (χ1) is 21.6. The molecule has 226 valence electrons. The van der Waals surface area contributed by atoms with Crippen molar-refractivity contribution in [1.29, 1.82) is 0 Å². The Kier molecular flexibility index (Phi) is 9.08. The number of hydrogen-bond acceptors (Lipinski definition) is 8. The third-order valence-corrected chi connectivity index (χ3v) is 8.24. The van der Waals surface area contributed by atoms with Crippen molar-refractivity contribution < 1.29 is 9.47 Å². The molecule has 6 rings (SSSR count). The normalized spacial score (nSPS) is 13.2. The first-order valence-electron chi connectivity index (χ1n) is 15.2. The van der Waals surface area contributed by atoms with Gasteiger partial charge in [0.05, 0.1) is 25.6 Å². The molecule has 0 radical (unpaired) electrons. The maximum atomic E-state index is 6.99. The summed E-state index contributed by atoms with van der Waals surface area (Å²) in [5.41, 5.74) is 13.8. The Balaban J connectivity index is 1.30. The van der Waals surface area contributed by atoms with Gasteiger partial charge in [0.15, 0.2) is 11.5 Å². The third kappa shape index (κ3) is 6.87. The SMILES string of the molecule is COc1ccc(CN(Cc2ccc(OC)cc2)c2nc3ncccc3c(NCc3ccc(CN4CCCC4)cc3)c2N)cc1.